The van der Waals surface area contributed by atoms with Crippen molar-refractivity contribution in [2.75, 3.05) is 6.61 Å². The number of rotatable bonds is 6. The fourth-order valence-electron chi connectivity index (χ4n) is 3.15. The minimum atomic E-state index is -0.510. The number of benzene rings is 1. The summed E-state index contributed by atoms with van der Waals surface area (Å²) in [6.45, 7) is 9.38. The van der Waals surface area contributed by atoms with Crippen molar-refractivity contribution in [3.8, 4) is 5.82 Å². The Labute approximate surface area is 164 Å². The zero-order valence-corrected chi connectivity index (χ0v) is 16.8. The molecular weight excluding hydrogens is 356 g/mol. The van der Waals surface area contributed by atoms with Crippen molar-refractivity contribution < 1.29 is 18.8 Å². The lowest BCUT2D eigenvalue weighted by molar-refractivity contribution is 0.0474. The second-order valence-corrected chi connectivity index (χ2v) is 7.19. The van der Waals surface area contributed by atoms with E-state index in [1.165, 1.54) is 0 Å². The van der Waals surface area contributed by atoms with Crippen LogP contribution in [0.2, 0.25) is 0 Å². The van der Waals surface area contributed by atoms with Gasteiger partial charge in [0.2, 0.25) is 5.78 Å². The third kappa shape index (κ3) is 3.91. The molecule has 6 nitrogen and oxygen atoms in total. The fraction of sp³-hybridized carbons (Fsp3) is 0.318. The van der Waals surface area contributed by atoms with Crippen molar-refractivity contribution in [3.63, 3.8) is 0 Å². The van der Waals surface area contributed by atoms with Crippen molar-refractivity contribution in [2.24, 2.45) is 0 Å². The van der Waals surface area contributed by atoms with Crippen LogP contribution in [0.5, 0.6) is 0 Å². The van der Waals surface area contributed by atoms with E-state index in [-0.39, 0.29) is 12.4 Å². The SMILES string of the molecule is Cc1cc(-n2c(C)cc(C(=O)COC(=O)c3ccc(C(C)C)cc3)c2C)no1. The van der Waals surface area contributed by atoms with Gasteiger partial charge in [-0.05, 0) is 50.5 Å². The monoisotopic (exact) mass is 380 g/mol. The summed E-state index contributed by atoms with van der Waals surface area (Å²) in [5, 5.41) is 4.00. The lowest BCUT2D eigenvalue weighted by Crippen LogP contribution is -2.15. The summed E-state index contributed by atoms with van der Waals surface area (Å²) in [6, 6.07) is 10.8. The molecule has 146 valence electrons. The van der Waals surface area contributed by atoms with E-state index in [2.05, 4.69) is 19.0 Å². The number of nitrogens with zero attached hydrogens (tertiary/aromatic N) is 2. The smallest absolute Gasteiger partial charge is 0.338 e. The summed E-state index contributed by atoms with van der Waals surface area (Å²) in [5.74, 6) is 0.924. The Morgan fingerprint density at radius 1 is 1.11 bits per heavy atom. The number of ether oxygens (including phenoxy) is 1. The molecular formula is C22H24N2O4. The van der Waals surface area contributed by atoms with Crippen LogP contribution in [-0.2, 0) is 4.74 Å². The molecule has 0 saturated heterocycles. The summed E-state index contributed by atoms with van der Waals surface area (Å²) >= 11 is 0. The molecule has 0 aliphatic heterocycles. The van der Waals surface area contributed by atoms with Gasteiger partial charge in [-0.25, -0.2) is 4.79 Å². The molecule has 0 fully saturated rings. The Hall–Kier alpha value is -3.15. The van der Waals surface area contributed by atoms with Gasteiger partial charge in [-0.15, -0.1) is 0 Å². The summed E-state index contributed by atoms with van der Waals surface area (Å²) in [7, 11) is 0. The lowest BCUT2D eigenvalue weighted by Gasteiger charge is -2.08. The van der Waals surface area contributed by atoms with Crippen LogP contribution in [0.3, 0.4) is 0 Å². The number of carbonyl (C=O) groups excluding carboxylic acids is 2. The molecule has 2 aromatic heterocycles. The fourth-order valence-corrected chi connectivity index (χ4v) is 3.15. The minimum Gasteiger partial charge on any atom is -0.454 e. The molecule has 0 N–H and O–H groups in total. The third-order valence-electron chi connectivity index (χ3n) is 4.72. The van der Waals surface area contributed by atoms with E-state index in [9.17, 15) is 9.59 Å². The second kappa shape index (κ2) is 7.84. The molecule has 0 atom stereocenters. The highest BCUT2D eigenvalue weighted by Gasteiger charge is 2.20. The predicted octanol–water partition coefficient (Wildman–Crippen LogP) is 4.55. The molecule has 0 spiro atoms. The van der Waals surface area contributed by atoms with Gasteiger partial charge in [-0.1, -0.05) is 31.1 Å². The van der Waals surface area contributed by atoms with Crippen LogP contribution >= 0.6 is 0 Å². The van der Waals surface area contributed by atoms with Gasteiger partial charge in [0, 0.05) is 23.0 Å². The third-order valence-corrected chi connectivity index (χ3v) is 4.72. The van der Waals surface area contributed by atoms with Crippen LogP contribution in [0.15, 0.2) is 40.9 Å². The minimum absolute atomic E-state index is 0.258. The van der Waals surface area contributed by atoms with Crippen LogP contribution in [0.25, 0.3) is 5.82 Å². The van der Waals surface area contributed by atoms with Gasteiger partial charge >= 0.3 is 5.97 Å². The van der Waals surface area contributed by atoms with Crippen LogP contribution in [0, 0.1) is 20.8 Å². The van der Waals surface area contributed by atoms with E-state index in [4.69, 9.17) is 9.26 Å². The van der Waals surface area contributed by atoms with Crippen LogP contribution < -0.4 is 0 Å². The van der Waals surface area contributed by atoms with Crippen molar-refractivity contribution in [1.82, 2.24) is 9.72 Å². The largest absolute Gasteiger partial charge is 0.454 e. The Morgan fingerprint density at radius 3 is 2.36 bits per heavy atom. The molecule has 0 saturated carbocycles. The molecule has 0 bridgehead atoms. The molecule has 6 heteroatoms. The molecule has 28 heavy (non-hydrogen) atoms. The van der Waals surface area contributed by atoms with E-state index in [0.717, 1.165) is 17.0 Å². The first kappa shape index (κ1) is 19.6. The number of hydrogen-bond donors (Lipinski definition) is 0. The van der Waals surface area contributed by atoms with Crippen molar-refractivity contribution in [3.05, 3.63) is 70.2 Å². The lowest BCUT2D eigenvalue weighted by atomic mass is 10.0. The molecule has 0 unspecified atom stereocenters. The molecule has 1 aromatic carbocycles. The Morgan fingerprint density at radius 2 is 1.79 bits per heavy atom. The maximum absolute atomic E-state index is 12.6. The Bertz CT molecular complexity index is 1010. The molecule has 0 amide bonds. The molecule has 2 heterocycles. The predicted molar refractivity (Wildman–Crippen MR) is 105 cm³/mol. The quantitative estimate of drug-likeness (QED) is 0.463. The Kier molecular flexibility index (Phi) is 5.49. The summed E-state index contributed by atoms with van der Waals surface area (Å²) in [6.07, 6.45) is 0. The molecule has 3 aromatic rings. The topological polar surface area (TPSA) is 74.3 Å². The van der Waals surface area contributed by atoms with Gasteiger partial charge in [0.25, 0.3) is 0 Å². The van der Waals surface area contributed by atoms with Gasteiger partial charge in [0.15, 0.2) is 12.4 Å². The molecule has 3 rings (SSSR count). The first-order chi connectivity index (χ1) is 13.3. The standard InChI is InChI=1S/C22H24N2O4/c1-13(2)17-6-8-18(9-7-17)22(26)27-12-20(25)19-10-14(3)24(16(19)5)21-11-15(4)28-23-21/h6-11,13H,12H2,1-5H3. The summed E-state index contributed by atoms with van der Waals surface area (Å²) in [4.78, 5) is 24.9. The average Bonchev–Trinajstić information content (AvgIpc) is 3.21. The van der Waals surface area contributed by atoms with Crippen LogP contribution in [0.4, 0.5) is 0 Å². The van der Waals surface area contributed by atoms with E-state index in [1.54, 1.807) is 24.3 Å². The first-order valence-corrected chi connectivity index (χ1v) is 9.21. The average molecular weight is 380 g/mol. The molecule has 0 radical (unpaired) electrons. The van der Waals surface area contributed by atoms with E-state index in [0.29, 0.717) is 28.6 Å². The molecule has 0 aliphatic carbocycles. The first-order valence-electron chi connectivity index (χ1n) is 9.21. The van der Waals surface area contributed by atoms with Crippen molar-refractivity contribution >= 4 is 11.8 Å². The van der Waals surface area contributed by atoms with Gasteiger partial charge in [-0.3, -0.25) is 9.36 Å². The normalized spacial score (nSPS) is 11.1. The van der Waals surface area contributed by atoms with Crippen molar-refractivity contribution in [1.29, 1.82) is 0 Å². The second-order valence-electron chi connectivity index (χ2n) is 7.19. The van der Waals surface area contributed by atoms with E-state index in [1.807, 2.05) is 37.5 Å². The van der Waals surface area contributed by atoms with Gasteiger partial charge < -0.3 is 9.26 Å². The summed E-state index contributed by atoms with van der Waals surface area (Å²) in [5.41, 5.74) is 3.66. The van der Waals surface area contributed by atoms with E-state index < -0.39 is 5.97 Å². The highest BCUT2D eigenvalue weighted by molar-refractivity contribution is 6.00. The molecule has 0 aliphatic rings. The highest BCUT2D eigenvalue weighted by Crippen LogP contribution is 2.21. The number of Topliss-reactive ketones (excluding diaryl/α,β-unsaturated/α-hetero) is 1. The van der Waals surface area contributed by atoms with Crippen LogP contribution in [-0.4, -0.2) is 28.1 Å². The number of ketones is 1. The highest BCUT2D eigenvalue weighted by atomic mass is 16.5. The number of aryl methyl sites for hydroxylation is 2. The number of aromatic nitrogens is 2. The summed E-state index contributed by atoms with van der Waals surface area (Å²) < 4.78 is 12.2. The van der Waals surface area contributed by atoms with Gasteiger partial charge in [0.05, 0.1) is 5.56 Å². The number of esters is 1. The van der Waals surface area contributed by atoms with Crippen LogP contribution in [0.1, 0.15) is 63.2 Å². The number of hydrogen-bond acceptors (Lipinski definition) is 5. The number of carbonyl (C=O) groups is 2. The van der Waals surface area contributed by atoms with E-state index >= 15 is 0 Å². The van der Waals surface area contributed by atoms with Crippen molar-refractivity contribution in [2.45, 2.75) is 40.5 Å². The Balaban J connectivity index is 1.70. The van der Waals surface area contributed by atoms with Gasteiger partial charge in [0.1, 0.15) is 5.76 Å². The zero-order valence-electron chi connectivity index (χ0n) is 16.8. The zero-order chi connectivity index (χ0) is 20.4. The maximum Gasteiger partial charge on any atom is 0.338 e. The maximum atomic E-state index is 12.6. The van der Waals surface area contributed by atoms with Gasteiger partial charge in [-0.2, -0.15) is 0 Å².